The predicted molar refractivity (Wildman–Crippen MR) is 60.4 cm³/mol. The molecule has 5 heteroatoms. The van der Waals surface area contributed by atoms with Gasteiger partial charge in [-0.1, -0.05) is 12.1 Å². The fourth-order valence-corrected chi connectivity index (χ4v) is 2.36. The van der Waals surface area contributed by atoms with Crippen molar-refractivity contribution < 1.29 is 4.92 Å². The van der Waals surface area contributed by atoms with Crippen LogP contribution in [0.15, 0.2) is 46.0 Å². The van der Waals surface area contributed by atoms with E-state index >= 15 is 0 Å². The molecule has 0 bridgehead atoms. The van der Waals surface area contributed by atoms with Crippen LogP contribution in [0.5, 0.6) is 0 Å². The topological polar surface area (TPSA) is 67.9 Å². The zero-order valence-electron chi connectivity index (χ0n) is 9.17. The van der Waals surface area contributed by atoms with Crippen molar-refractivity contribution in [2.45, 2.75) is 24.9 Å². The summed E-state index contributed by atoms with van der Waals surface area (Å²) in [5.74, 6) is 0. The van der Waals surface area contributed by atoms with Gasteiger partial charge in [-0.3, -0.25) is 10.1 Å². The first-order valence-electron chi connectivity index (χ1n) is 5.59. The smallest absolute Gasteiger partial charge is 0.246 e. The third-order valence-electron chi connectivity index (χ3n) is 3.12. The molecule has 0 N–H and O–H groups in total. The van der Waals surface area contributed by atoms with Crippen molar-refractivity contribution in [3.63, 3.8) is 0 Å². The molecule has 0 atom stereocenters. The molecule has 3 rings (SSSR count). The van der Waals surface area contributed by atoms with Crippen molar-refractivity contribution in [1.29, 1.82) is 0 Å². The zero-order chi connectivity index (χ0) is 11.9. The second kappa shape index (κ2) is 3.48. The highest BCUT2D eigenvalue weighted by molar-refractivity contribution is 5.18. The van der Waals surface area contributed by atoms with E-state index in [2.05, 4.69) is 9.98 Å². The number of nitrogens with zero attached hydrogens (tertiary/aromatic N) is 3. The highest BCUT2D eigenvalue weighted by Gasteiger charge is 2.35. The van der Waals surface area contributed by atoms with Crippen molar-refractivity contribution in [3.8, 4) is 0 Å². The summed E-state index contributed by atoms with van der Waals surface area (Å²) in [5.41, 5.74) is -0.485. The SMILES string of the molecule is O=[N+]([O-])C1=CC2(CCC1)N=c1ccccc1=N2. The number of benzene rings is 1. The molecule has 0 saturated carbocycles. The number of hydrogen-bond acceptors (Lipinski definition) is 4. The molecule has 1 heterocycles. The Morgan fingerprint density at radius 2 is 1.88 bits per heavy atom. The largest absolute Gasteiger partial charge is 0.259 e. The van der Waals surface area contributed by atoms with Gasteiger partial charge in [-0.15, -0.1) is 0 Å². The lowest BCUT2D eigenvalue weighted by atomic mass is 9.95. The number of hydrogen-bond donors (Lipinski definition) is 0. The van der Waals surface area contributed by atoms with Gasteiger partial charge in [0.25, 0.3) is 0 Å². The Hall–Kier alpha value is -2.04. The van der Waals surface area contributed by atoms with Crippen molar-refractivity contribution >= 4 is 0 Å². The molecule has 86 valence electrons. The van der Waals surface area contributed by atoms with Gasteiger partial charge in [-0.2, -0.15) is 0 Å². The summed E-state index contributed by atoms with van der Waals surface area (Å²) in [6, 6.07) is 7.58. The fraction of sp³-hybridized carbons (Fsp3) is 0.333. The van der Waals surface area contributed by atoms with Gasteiger partial charge in [-0.25, -0.2) is 9.98 Å². The van der Waals surface area contributed by atoms with E-state index in [1.165, 1.54) is 0 Å². The third-order valence-corrected chi connectivity index (χ3v) is 3.12. The summed E-state index contributed by atoms with van der Waals surface area (Å²) in [4.78, 5) is 19.6. The Bertz CT molecular complexity index is 598. The van der Waals surface area contributed by atoms with Gasteiger partial charge < -0.3 is 0 Å². The van der Waals surface area contributed by atoms with Crippen LogP contribution >= 0.6 is 0 Å². The van der Waals surface area contributed by atoms with Crippen LogP contribution in [0.25, 0.3) is 0 Å². The van der Waals surface area contributed by atoms with Crippen LogP contribution in [0.3, 0.4) is 0 Å². The molecule has 2 aliphatic rings. The van der Waals surface area contributed by atoms with E-state index in [1.807, 2.05) is 24.3 Å². The van der Waals surface area contributed by atoms with E-state index < -0.39 is 5.66 Å². The lowest BCUT2D eigenvalue weighted by Crippen LogP contribution is -2.25. The summed E-state index contributed by atoms with van der Waals surface area (Å²) < 4.78 is 0. The molecule has 17 heavy (non-hydrogen) atoms. The summed E-state index contributed by atoms with van der Waals surface area (Å²) in [6.45, 7) is 0. The summed E-state index contributed by atoms with van der Waals surface area (Å²) >= 11 is 0. The van der Waals surface area contributed by atoms with E-state index in [-0.39, 0.29) is 10.6 Å². The number of rotatable bonds is 1. The van der Waals surface area contributed by atoms with E-state index in [9.17, 15) is 10.1 Å². The van der Waals surface area contributed by atoms with Crippen LogP contribution in [0, 0.1) is 10.1 Å². The van der Waals surface area contributed by atoms with Gasteiger partial charge in [0.2, 0.25) is 5.70 Å². The van der Waals surface area contributed by atoms with Gasteiger partial charge in [-0.05, 0) is 25.0 Å². The molecule has 1 spiro atoms. The van der Waals surface area contributed by atoms with E-state index in [4.69, 9.17) is 0 Å². The standard InChI is InChI=1S/C12H11N3O2/c16-15(17)9-4-3-7-12(8-9)13-10-5-1-2-6-11(10)14-12/h1-2,5-6,8H,3-4,7H2. The molecule has 0 aromatic heterocycles. The molecule has 0 saturated heterocycles. The van der Waals surface area contributed by atoms with Crippen molar-refractivity contribution in [2.75, 3.05) is 0 Å². The first kappa shape index (κ1) is 10.1. The minimum Gasteiger partial charge on any atom is -0.259 e. The highest BCUT2D eigenvalue weighted by Crippen LogP contribution is 2.31. The lowest BCUT2D eigenvalue weighted by Gasteiger charge is -2.22. The monoisotopic (exact) mass is 229 g/mol. The Morgan fingerprint density at radius 3 is 2.47 bits per heavy atom. The second-order valence-corrected chi connectivity index (χ2v) is 4.34. The van der Waals surface area contributed by atoms with Crippen molar-refractivity contribution in [1.82, 2.24) is 0 Å². The van der Waals surface area contributed by atoms with Gasteiger partial charge in [0.1, 0.15) is 0 Å². The minimum absolute atomic E-state index is 0.233. The molecule has 0 unspecified atom stereocenters. The molecule has 0 fully saturated rings. The molecule has 1 aliphatic carbocycles. The maximum absolute atomic E-state index is 10.8. The Kier molecular flexibility index (Phi) is 2.07. The van der Waals surface area contributed by atoms with E-state index in [0.29, 0.717) is 6.42 Å². The number of fused-ring (bicyclic) bond motifs is 1. The van der Waals surface area contributed by atoms with Crippen LogP contribution in [-0.4, -0.2) is 10.6 Å². The third kappa shape index (κ3) is 1.63. The summed E-state index contributed by atoms with van der Waals surface area (Å²) in [7, 11) is 0. The number of allylic oxidation sites excluding steroid dienone is 1. The molecule has 1 aromatic rings. The van der Waals surface area contributed by atoms with Gasteiger partial charge in [0, 0.05) is 12.5 Å². The van der Waals surface area contributed by atoms with E-state index in [0.717, 1.165) is 23.6 Å². The predicted octanol–water partition coefficient (Wildman–Crippen LogP) is 0.980. The molecular weight excluding hydrogens is 218 g/mol. The first-order chi connectivity index (χ1) is 8.19. The Morgan fingerprint density at radius 1 is 1.24 bits per heavy atom. The van der Waals surface area contributed by atoms with Gasteiger partial charge in [0.15, 0.2) is 5.66 Å². The quantitative estimate of drug-likeness (QED) is 0.532. The average molecular weight is 229 g/mol. The van der Waals surface area contributed by atoms with Crippen molar-refractivity contribution in [2.24, 2.45) is 9.98 Å². The highest BCUT2D eigenvalue weighted by atomic mass is 16.6. The van der Waals surface area contributed by atoms with E-state index in [1.54, 1.807) is 6.08 Å². The lowest BCUT2D eigenvalue weighted by molar-refractivity contribution is -0.429. The zero-order valence-corrected chi connectivity index (χ0v) is 9.17. The number of nitro groups is 1. The Balaban J connectivity index is 2.14. The first-order valence-corrected chi connectivity index (χ1v) is 5.59. The van der Waals surface area contributed by atoms with Crippen LogP contribution in [0.1, 0.15) is 19.3 Å². The molecule has 1 aliphatic heterocycles. The maximum atomic E-state index is 10.8. The summed E-state index contributed by atoms with van der Waals surface area (Å²) in [5, 5.41) is 12.5. The van der Waals surface area contributed by atoms with Gasteiger partial charge in [0.05, 0.1) is 15.6 Å². The second-order valence-electron chi connectivity index (χ2n) is 4.34. The normalized spacial score (nSPS) is 20.1. The van der Waals surface area contributed by atoms with Gasteiger partial charge >= 0.3 is 0 Å². The molecule has 0 radical (unpaired) electrons. The van der Waals surface area contributed by atoms with Crippen LogP contribution in [0.2, 0.25) is 0 Å². The average Bonchev–Trinajstić information content (AvgIpc) is 2.66. The fourth-order valence-electron chi connectivity index (χ4n) is 2.36. The van der Waals surface area contributed by atoms with Crippen LogP contribution < -0.4 is 10.7 Å². The van der Waals surface area contributed by atoms with Crippen molar-refractivity contribution in [3.05, 3.63) is 56.9 Å². The molecule has 5 nitrogen and oxygen atoms in total. The minimum atomic E-state index is -0.718. The van der Waals surface area contributed by atoms with Crippen LogP contribution in [-0.2, 0) is 0 Å². The molecular formula is C12H11N3O2. The Labute approximate surface area is 97.4 Å². The number of para-hydroxylation sites is 2. The van der Waals surface area contributed by atoms with Crippen LogP contribution in [0.4, 0.5) is 0 Å². The molecule has 1 aromatic carbocycles. The molecule has 0 amide bonds. The maximum Gasteiger partial charge on any atom is 0.246 e. The summed E-state index contributed by atoms with van der Waals surface area (Å²) in [6.07, 6.45) is 3.62.